The lowest BCUT2D eigenvalue weighted by molar-refractivity contribution is -0.140. The number of rotatable bonds is 12. The van der Waals surface area contributed by atoms with Crippen LogP contribution in [0.1, 0.15) is 45.2 Å². The summed E-state index contributed by atoms with van der Waals surface area (Å²) >= 11 is 0. The fourth-order valence-corrected chi connectivity index (χ4v) is 2.80. The lowest BCUT2D eigenvalue weighted by Gasteiger charge is -2.07. The minimum absolute atomic E-state index is 0.0208. The van der Waals surface area contributed by atoms with Crippen LogP contribution in [0, 0.1) is 11.8 Å². The molecule has 2 aromatic rings. The van der Waals surface area contributed by atoms with Crippen LogP contribution in [0.3, 0.4) is 0 Å². The van der Waals surface area contributed by atoms with Crippen molar-refractivity contribution in [1.29, 1.82) is 0 Å². The molecule has 0 radical (unpaired) electrons. The van der Waals surface area contributed by atoms with Gasteiger partial charge in [0.05, 0.1) is 6.54 Å². The number of benzene rings is 2. The molecule has 0 fully saturated rings. The Hall–Kier alpha value is -4.41. The number of aliphatic carboxylic acids is 5. The first-order chi connectivity index (χ1) is 21.3. The summed E-state index contributed by atoms with van der Waals surface area (Å²) < 4.78 is 0. The van der Waals surface area contributed by atoms with Gasteiger partial charge < -0.3 is 54.2 Å². The predicted molar refractivity (Wildman–Crippen MR) is 174 cm³/mol. The van der Waals surface area contributed by atoms with E-state index in [1.54, 1.807) is 13.8 Å². The van der Waals surface area contributed by atoms with Gasteiger partial charge in [0.2, 0.25) is 0 Å². The Kier molecular flexibility index (Phi) is 27.0. The zero-order valence-electron chi connectivity index (χ0n) is 26.7. The fourth-order valence-electron chi connectivity index (χ4n) is 2.80. The highest BCUT2D eigenvalue weighted by molar-refractivity contribution is 5.74. The lowest BCUT2D eigenvalue weighted by atomic mass is 10.1. The molecule has 0 aliphatic rings. The average Bonchev–Trinajstić information content (AvgIpc) is 2.98. The van der Waals surface area contributed by atoms with Crippen LogP contribution in [-0.4, -0.2) is 86.1 Å². The second kappa shape index (κ2) is 26.9. The van der Waals surface area contributed by atoms with Gasteiger partial charge in [0.15, 0.2) is 0 Å². The van der Waals surface area contributed by atoms with Gasteiger partial charge >= 0.3 is 29.8 Å². The van der Waals surface area contributed by atoms with Crippen LogP contribution in [0.25, 0.3) is 0 Å². The van der Waals surface area contributed by atoms with Crippen molar-refractivity contribution in [3.63, 3.8) is 0 Å². The van der Waals surface area contributed by atoms with E-state index in [4.69, 9.17) is 48.5 Å². The number of nitrogens with two attached hydrogens (primary N) is 5. The molecule has 15 heteroatoms. The van der Waals surface area contributed by atoms with Gasteiger partial charge in [-0.3, -0.25) is 24.0 Å². The van der Waals surface area contributed by atoms with E-state index in [9.17, 15) is 24.0 Å². The Balaban J connectivity index is -0.000000518. The molecule has 0 aliphatic heterocycles. The number of hydrogen-bond donors (Lipinski definition) is 10. The van der Waals surface area contributed by atoms with Crippen molar-refractivity contribution in [2.24, 2.45) is 40.5 Å². The molecular formula is C31H51N5O10. The molecule has 0 aromatic heterocycles. The predicted octanol–water partition coefficient (Wildman–Crippen LogP) is 0.810. The highest BCUT2D eigenvalue weighted by Crippen LogP contribution is 2.03. The molecule has 46 heavy (non-hydrogen) atoms. The van der Waals surface area contributed by atoms with Crippen LogP contribution in [0.15, 0.2) is 60.7 Å². The second-order valence-electron chi connectivity index (χ2n) is 10.5. The standard InChI is InChI=1S/2C9H11NO2.C6H13NO2.C5H11NO2.C2H5NO2/c2*10-8(9(11)12)6-7-4-2-1-3-5-7;1-4(2)3-5(7)6(8)9;1-3(2)4(6)5(7)8;3-1-2(4)5/h2*1-5,8H,6,10H2,(H,11,12);4-5H,3,7H2,1-2H3,(H,8,9);3-4H,6H2,1-2H3,(H,7,8);1,3H2,(H,4,5)/t2*8-;5-;4-;/m0000./s1. The van der Waals surface area contributed by atoms with E-state index in [2.05, 4.69) is 5.73 Å². The van der Waals surface area contributed by atoms with E-state index in [0.717, 1.165) is 11.1 Å². The van der Waals surface area contributed by atoms with Crippen LogP contribution in [0.5, 0.6) is 0 Å². The Morgan fingerprint density at radius 1 is 0.565 bits per heavy atom. The van der Waals surface area contributed by atoms with Gasteiger partial charge in [0, 0.05) is 0 Å². The molecule has 2 aromatic carbocycles. The Bertz CT molecular complexity index is 1080. The van der Waals surface area contributed by atoms with Crippen molar-refractivity contribution in [3.8, 4) is 0 Å². The van der Waals surface area contributed by atoms with Crippen molar-refractivity contribution in [3.05, 3.63) is 71.8 Å². The van der Waals surface area contributed by atoms with Gasteiger partial charge in [-0.2, -0.15) is 0 Å². The molecule has 0 unspecified atom stereocenters. The average molecular weight is 654 g/mol. The SMILES string of the molecule is CC(C)C[C@H](N)C(=O)O.CC(C)[C@H](N)C(=O)O.NCC(=O)O.N[C@@H](Cc1ccccc1)C(=O)O.N[C@@H](Cc1ccccc1)C(=O)O. The number of carboxylic acids is 5. The molecule has 0 bridgehead atoms. The number of carbonyl (C=O) groups is 5. The number of carboxylic acid groups (broad SMARTS) is 5. The zero-order chi connectivity index (χ0) is 36.4. The maximum atomic E-state index is 10.4. The Labute approximate surface area is 269 Å². The summed E-state index contributed by atoms with van der Waals surface area (Å²) in [4.78, 5) is 50.1. The molecule has 0 saturated heterocycles. The summed E-state index contributed by atoms with van der Waals surface area (Å²) in [5.41, 5.74) is 27.5. The van der Waals surface area contributed by atoms with E-state index < -0.39 is 54.0 Å². The van der Waals surface area contributed by atoms with E-state index in [1.165, 1.54) is 0 Å². The van der Waals surface area contributed by atoms with Gasteiger partial charge in [0.1, 0.15) is 24.2 Å². The van der Waals surface area contributed by atoms with E-state index >= 15 is 0 Å². The fraction of sp³-hybridized carbons (Fsp3) is 0.452. The zero-order valence-corrected chi connectivity index (χ0v) is 26.7. The van der Waals surface area contributed by atoms with Crippen molar-refractivity contribution in [1.82, 2.24) is 0 Å². The summed E-state index contributed by atoms with van der Waals surface area (Å²) in [6, 6.07) is 15.7. The summed E-state index contributed by atoms with van der Waals surface area (Å²) in [5.74, 6) is -4.35. The Morgan fingerprint density at radius 3 is 1.02 bits per heavy atom. The van der Waals surface area contributed by atoms with Crippen molar-refractivity contribution >= 4 is 29.8 Å². The van der Waals surface area contributed by atoms with Crippen molar-refractivity contribution in [2.45, 2.75) is 71.1 Å². The molecule has 0 aliphatic carbocycles. The minimum Gasteiger partial charge on any atom is -0.480 e. The topological polar surface area (TPSA) is 317 Å². The van der Waals surface area contributed by atoms with E-state index in [-0.39, 0.29) is 12.5 Å². The normalized spacial score (nSPS) is 12.4. The molecule has 260 valence electrons. The Morgan fingerprint density at radius 2 is 0.870 bits per heavy atom. The lowest BCUT2D eigenvalue weighted by Crippen LogP contribution is -2.34. The molecule has 0 spiro atoms. The first-order valence-corrected chi connectivity index (χ1v) is 14.2. The number of hydrogen-bond acceptors (Lipinski definition) is 10. The van der Waals surface area contributed by atoms with Crippen molar-refractivity contribution < 1.29 is 49.5 Å². The quantitative estimate of drug-likeness (QED) is 0.151. The summed E-state index contributed by atoms with van der Waals surface area (Å²) in [6.07, 6.45) is 1.32. The molecule has 15 N–H and O–H groups in total. The molecule has 0 heterocycles. The molecular weight excluding hydrogens is 602 g/mol. The summed E-state index contributed by atoms with van der Waals surface area (Å²) in [5, 5.41) is 41.2. The van der Waals surface area contributed by atoms with Gasteiger partial charge in [-0.05, 0) is 42.2 Å². The highest BCUT2D eigenvalue weighted by atomic mass is 16.4. The third-order valence-corrected chi connectivity index (χ3v) is 5.45. The van der Waals surface area contributed by atoms with E-state index in [1.807, 2.05) is 74.5 Å². The van der Waals surface area contributed by atoms with Crippen LogP contribution in [-0.2, 0) is 36.8 Å². The molecule has 2 rings (SSSR count). The second-order valence-corrected chi connectivity index (χ2v) is 10.5. The first-order valence-electron chi connectivity index (χ1n) is 14.2. The third kappa shape index (κ3) is 28.4. The summed E-state index contributed by atoms with van der Waals surface area (Å²) in [6.45, 7) is 7.17. The maximum absolute atomic E-state index is 10.4. The van der Waals surface area contributed by atoms with Crippen LogP contribution in [0.4, 0.5) is 0 Å². The first kappa shape index (κ1) is 46.0. The van der Waals surface area contributed by atoms with Gasteiger partial charge in [-0.1, -0.05) is 88.4 Å². The maximum Gasteiger partial charge on any atom is 0.320 e. The smallest absolute Gasteiger partial charge is 0.320 e. The van der Waals surface area contributed by atoms with Crippen LogP contribution in [0.2, 0.25) is 0 Å². The summed E-state index contributed by atoms with van der Waals surface area (Å²) in [7, 11) is 0. The molecule has 4 atom stereocenters. The monoisotopic (exact) mass is 653 g/mol. The van der Waals surface area contributed by atoms with Crippen LogP contribution >= 0.6 is 0 Å². The molecule has 0 saturated carbocycles. The van der Waals surface area contributed by atoms with Crippen LogP contribution < -0.4 is 28.7 Å². The van der Waals surface area contributed by atoms with Gasteiger partial charge in [0.25, 0.3) is 0 Å². The largest absolute Gasteiger partial charge is 0.480 e. The van der Waals surface area contributed by atoms with Crippen molar-refractivity contribution in [2.75, 3.05) is 6.54 Å². The van der Waals surface area contributed by atoms with Gasteiger partial charge in [-0.25, -0.2) is 0 Å². The van der Waals surface area contributed by atoms with E-state index in [0.29, 0.717) is 25.2 Å². The minimum atomic E-state index is -0.968. The molecule has 0 amide bonds. The third-order valence-electron chi connectivity index (χ3n) is 5.45. The van der Waals surface area contributed by atoms with Gasteiger partial charge in [-0.15, -0.1) is 0 Å². The highest BCUT2D eigenvalue weighted by Gasteiger charge is 2.15. The molecule has 15 nitrogen and oxygen atoms in total.